The minimum Gasteiger partial charge on any atom is -0.478 e. The van der Waals surface area contributed by atoms with Crippen LogP contribution in [0.1, 0.15) is 58.1 Å². The van der Waals surface area contributed by atoms with Crippen molar-refractivity contribution in [3.63, 3.8) is 0 Å². The van der Waals surface area contributed by atoms with Crippen molar-refractivity contribution >= 4 is 50.2 Å². The summed E-state index contributed by atoms with van der Waals surface area (Å²) in [6, 6.07) is 4.61. The van der Waals surface area contributed by atoms with Crippen molar-refractivity contribution in [3.8, 4) is 0 Å². The number of carbonyl (C=O) groups excluding carboxylic acids is 2. The predicted molar refractivity (Wildman–Crippen MR) is 168 cm³/mol. The maximum atomic E-state index is 14.1. The van der Waals surface area contributed by atoms with E-state index in [1.54, 1.807) is 18.7 Å². The van der Waals surface area contributed by atoms with Crippen LogP contribution in [-0.2, 0) is 25.5 Å². The van der Waals surface area contributed by atoms with Crippen LogP contribution in [0.15, 0.2) is 28.9 Å². The van der Waals surface area contributed by atoms with Crippen LogP contribution in [0, 0.1) is 17.8 Å². The number of aliphatic carboxylic acids is 1. The van der Waals surface area contributed by atoms with Crippen LogP contribution in [0.25, 0.3) is 16.5 Å². The molecule has 11 nitrogen and oxygen atoms in total. The Kier molecular flexibility index (Phi) is 7.97. The molecule has 5 N–H and O–H groups in total. The van der Waals surface area contributed by atoms with Gasteiger partial charge in [-0.2, -0.15) is 0 Å². The number of hydrogen-bond donors (Lipinski definition) is 5. The molecule has 0 spiro atoms. The number of piperazine rings is 1. The summed E-state index contributed by atoms with van der Waals surface area (Å²) in [4.78, 5) is 47.5. The van der Waals surface area contributed by atoms with Crippen LogP contribution in [0.2, 0.25) is 0 Å². The Hall–Kier alpha value is -2.77. The number of carboxylic acid groups (broad SMARTS) is 1. The van der Waals surface area contributed by atoms with Gasteiger partial charge in [0.15, 0.2) is 0 Å². The van der Waals surface area contributed by atoms with Crippen molar-refractivity contribution in [2.75, 3.05) is 20.1 Å². The standard InChI is InChI=1S/C32H42BrN5O6/c1-16(2)12-23-29(40)38-11-7-10-25(38)32(43,35-23)44-31(17(3)4,30(41)42)36-28(39)18-13-20-19-8-6-9-22-26(19)21(27(33)34-22)14-24(20)37(5)15-18/h6,8-9,13,16-18,23-25,34-35,43H,7,10-12,14-15H2,1-5H3,(H,36,39)(H,41,42)/t18-,23+,24-,25+,31-,32+/m1/s1. The predicted octanol–water partition coefficient (Wildman–Crippen LogP) is 3.02. The lowest BCUT2D eigenvalue weighted by molar-refractivity contribution is -0.325. The first-order valence-electron chi connectivity index (χ1n) is 15.5. The van der Waals surface area contributed by atoms with Crippen molar-refractivity contribution in [3.05, 3.63) is 40.0 Å². The highest BCUT2D eigenvalue weighted by Gasteiger charge is 2.59. The molecule has 0 radical (unpaired) electrons. The number of carboxylic acids is 1. The number of aromatic nitrogens is 1. The number of amides is 2. The first kappa shape index (κ1) is 31.2. The number of carbonyl (C=O) groups is 3. The van der Waals surface area contributed by atoms with Crippen molar-refractivity contribution in [2.45, 2.75) is 83.1 Å². The summed E-state index contributed by atoms with van der Waals surface area (Å²) >= 11 is 3.68. The molecule has 4 heterocycles. The maximum absolute atomic E-state index is 14.1. The largest absolute Gasteiger partial charge is 0.478 e. The molecule has 12 heteroatoms. The van der Waals surface area contributed by atoms with E-state index < -0.39 is 47.4 Å². The lowest BCUT2D eigenvalue weighted by atomic mass is 9.79. The number of rotatable bonds is 8. The molecule has 1 aromatic carbocycles. The van der Waals surface area contributed by atoms with Crippen LogP contribution >= 0.6 is 15.9 Å². The maximum Gasteiger partial charge on any atom is 0.357 e. The molecule has 0 unspecified atom stereocenters. The fraction of sp³-hybridized carbons (Fsp3) is 0.594. The van der Waals surface area contributed by atoms with Crippen LogP contribution in [0.3, 0.4) is 0 Å². The van der Waals surface area contributed by atoms with Crippen LogP contribution < -0.4 is 10.6 Å². The summed E-state index contributed by atoms with van der Waals surface area (Å²) in [6.45, 7) is 8.06. The number of benzene rings is 1. The summed E-state index contributed by atoms with van der Waals surface area (Å²) in [5.41, 5.74) is 2.02. The molecule has 4 aliphatic rings. The van der Waals surface area contributed by atoms with Crippen molar-refractivity contribution < 1.29 is 29.3 Å². The minimum absolute atomic E-state index is 0.0609. The molecule has 2 aromatic rings. The average Bonchev–Trinajstić information content (AvgIpc) is 3.58. The fourth-order valence-corrected chi connectivity index (χ4v) is 8.16. The normalized spacial score (nSPS) is 29.9. The Morgan fingerprint density at radius 2 is 2.02 bits per heavy atom. The van der Waals surface area contributed by atoms with Crippen LogP contribution in [-0.4, -0.2) is 92.7 Å². The third-order valence-corrected chi connectivity index (χ3v) is 10.5. The molecule has 44 heavy (non-hydrogen) atoms. The zero-order valence-electron chi connectivity index (χ0n) is 25.8. The van der Waals surface area contributed by atoms with Gasteiger partial charge in [-0.3, -0.25) is 24.5 Å². The van der Waals surface area contributed by atoms with E-state index in [0.29, 0.717) is 32.4 Å². The number of ether oxygens (including phenoxy) is 1. The third-order valence-electron chi connectivity index (χ3n) is 9.81. The number of aromatic amines is 1. The quantitative estimate of drug-likeness (QED) is 0.269. The van der Waals surface area contributed by atoms with Crippen molar-refractivity contribution in [1.82, 2.24) is 25.4 Å². The first-order chi connectivity index (χ1) is 20.8. The Balaban J connectivity index is 1.33. The molecule has 2 saturated heterocycles. The Bertz CT molecular complexity index is 1540. The molecule has 0 saturated carbocycles. The summed E-state index contributed by atoms with van der Waals surface area (Å²) in [7, 11) is 1.97. The Morgan fingerprint density at radius 1 is 1.27 bits per heavy atom. The van der Waals surface area contributed by atoms with Gasteiger partial charge in [-0.15, -0.1) is 0 Å². The molecule has 3 aliphatic heterocycles. The molecular weight excluding hydrogens is 630 g/mol. The summed E-state index contributed by atoms with van der Waals surface area (Å²) in [5, 5.41) is 29.5. The summed E-state index contributed by atoms with van der Waals surface area (Å²) in [5.74, 6) is -5.53. The number of hydrogen-bond acceptors (Lipinski definition) is 7. The van der Waals surface area contributed by atoms with Gasteiger partial charge in [0.1, 0.15) is 6.04 Å². The lowest BCUT2D eigenvalue weighted by Gasteiger charge is -2.50. The molecule has 6 atom stereocenters. The zero-order valence-corrected chi connectivity index (χ0v) is 27.4. The second-order valence-electron chi connectivity index (χ2n) is 13.5. The number of aliphatic hydroxyl groups is 1. The average molecular weight is 673 g/mol. The first-order valence-corrected chi connectivity index (χ1v) is 16.3. The van der Waals surface area contributed by atoms with Gasteiger partial charge in [0, 0.05) is 36.0 Å². The van der Waals surface area contributed by atoms with Gasteiger partial charge in [0.2, 0.25) is 23.5 Å². The Morgan fingerprint density at radius 3 is 2.70 bits per heavy atom. The van der Waals surface area contributed by atoms with E-state index >= 15 is 0 Å². The monoisotopic (exact) mass is 671 g/mol. The van der Waals surface area contributed by atoms with Gasteiger partial charge in [-0.25, -0.2) is 4.79 Å². The van der Waals surface area contributed by atoms with Gasteiger partial charge < -0.3 is 25.4 Å². The number of fused-ring (bicyclic) bond motifs is 3. The molecular formula is C32H42BrN5O6. The van der Waals surface area contributed by atoms with Gasteiger partial charge in [-0.05, 0) is 77.3 Å². The van der Waals surface area contributed by atoms with Crippen LogP contribution in [0.5, 0.6) is 0 Å². The minimum atomic E-state index is -2.27. The Labute approximate surface area is 265 Å². The molecule has 2 fully saturated rings. The smallest absolute Gasteiger partial charge is 0.357 e. The molecule has 1 aromatic heterocycles. The van der Waals surface area contributed by atoms with Crippen molar-refractivity contribution in [2.24, 2.45) is 17.8 Å². The SMILES string of the molecule is CC(C)C[C@@H]1N[C@@](O)(O[C@@](NC(=O)[C@@H]2C=C3c4cccc5[nH]c(Br)c(c45)C[C@H]3N(C)C2)(C(=O)O)C(C)C)[C@@H]2CCCN2C1=O. The highest BCUT2D eigenvalue weighted by molar-refractivity contribution is 9.10. The molecule has 238 valence electrons. The third kappa shape index (κ3) is 4.99. The summed E-state index contributed by atoms with van der Waals surface area (Å²) < 4.78 is 7.19. The zero-order chi connectivity index (χ0) is 31.7. The lowest BCUT2D eigenvalue weighted by Crippen LogP contribution is -2.76. The van der Waals surface area contributed by atoms with Gasteiger partial charge >= 0.3 is 5.97 Å². The van der Waals surface area contributed by atoms with E-state index in [1.165, 1.54) is 5.56 Å². The molecule has 2 amide bonds. The van der Waals surface area contributed by atoms with Gasteiger partial charge in [0.05, 0.1) is 16.6 Å². The topological polar surface area (TPSA) is 147 Å². The number of H-pyrrole nitrogens is 1. The molecule has 1 aliphatic carbocycles. The van der Waals surface area contributed by atoms with Crippen molar-refractivity contribution in [1.29, 1.82) is 0 Å². The number of likely N-dealkylation sites (N-methyl/N-ethyl adjacent to an activating group) is 1. The van der Waals surface area contributed by atoms with E-state index in [0.717, 1.165) is 33.1 Å². The fourth-order valence-electron chi connectivity index (χ4n) is 7.59. The van der Waals surface area contributed by atoms with E-state index in [1.807, 2.05) is 39.1 Å². The number of halogens is 1. The second-order valence-corrected chi connectivity index (χ2v) is 14.3. The van der Waals surface area contributed by atoms with E-state index in [9.17, 15) is 24.6 Å². The number of nitrogens with zero attached hydrogens (tertiary/aromatic N) is 2. The number of nitrogens with one attached hydrogen (secondary N) is 3. The highest BCUT2D eigenvalue weighted by atomic mass is 79.9. The van der Waals surface area contributed by atoms with E-state index in [4.69, 9.17) is 4.74 Å². The van der Waals surface area contributed by atoms with Gasteiger partial charge in [-0.1, -0.05) is 45.9 Å². The molecule has 0 bridgehead atoms. The second kappa shape index (κ2) is 11.2. The van der Waals surface area contributed by atoms with E-state index in [2.05, 4.69) is 42.5 Å². The van der Waals surface area contributed by atoms with E-state index in [-0.39, 0.29) is 17.9 Å². The summed E-state index contributed by atoms with van der Waals surface area (Å²) in [6.07, 6.45) is 4.26. The highest BCUT2D eigenvalue weighted by Crippen LogP contribution is 2.44. The van der Waals surface area contributed by atoms with Gasteiger partial charge in [0.25, 0.3) is 0 Å². The molecule has 6 rings (SSSR count). The van der Waals surface area contributed by atoms with Crippen LogP contribution in [0.4, 0.5) is 0 Å².